The number of alkyl halides is 3. The fourth-order valence-corrected chi connectivity index (χ4v) is 5.25. The van der Waals surface area contributed by atoms with Gasteiger partial charge in [0.1, 0.15) is 10.6 Å². The van der Waals surface area contributed by atoms with E-state index in [2.05, 4.69) is 10.3 Å². The largest absolute Gasteiger partial charge is 0.416 e. The maximum absolute atomic E-state index is 12.6. The first kappa shape index (κ1) is 20.7. The minimum Gasteiger partial charge on any atom is -0.356 e. The van der Waals surface area contributed by atoms with Crippen LogP contribution < -0.4 is 5.32 Å². The number of halogens is 3. The van der Waals surface area contributed by atoms with Gasteiger partial charge >= 0.3 is 6.18 Å². The molecule has 1 aromatic heterocycles. The van der Waals surface area contributed by atoms with Crippen LogP contribution in [0, 0.1) is 0 Å². The number of aromatic nitrogens is 1. The lowest BCUT2D eigenvalue weighted by molar-refractivity contribution is -0.137. The molecule has 0 unspecified atom stereocenters. The average Bonchev–Trinajstić information content (AvgIpc) is 3.17. The Hall–Kier alpha value is -1.98. The van der Waals surface area contributed by atoms with Crippen molar-refractivity contribution in [2.45, 2.75) is 17.6 Å². The number of rotatable bonds is 5. The summed E-state index contributed by atoms with van der Waals surface area (Å²) in [6.07, 6.45) is -3.15. The van der Waals surface area contributed by atoms with Crippen LogP contribution in [-0.2, 0) is 22.7 Å². The Balaban J connectivity index is 1.63. The fourth-order valence-electron chi connectivity index (χ4n) is 2.68. The SMILES string of the molecule is O=C(NCc1ccc(C(F)(F)F)cc1)c1cc(S(=O)(=O)N2CCSCC2)c[nH]1. The van der Waals surface area contributed by atoms with Crippen LogP contribution >= 0.6 is 11.8 Å². The van der Waals surface area contributed by atoms with Crippen molar-refractivity contribution in [2.24, 2.45) is 0 Å². The molecule has 0 aliphatic carbocycles. The topological polar surface area (TPSA) is 82.3 Å². The number of carbonyl (C=O) groups excluding carboxylic acids is 1. The van der Waals surface area contributed by atoms with Gasteiger partial charge in [-0.1, -0.05) is 12.1 Å². The van der Waals surface area contributed by atoms with Crippen molar-refractivity contribution in [1.29, 1.82) is 0 Å². The highest BCUT2D eigenvalue weighted by Crippen LogP contribution is 2.29. The summed E-state index contributed by atoms with van der Waals surface area (Å²) in [6.45, 7) is 0.864. The van der Waals surface area contributed by atoms with Gasteiger partial charge < -0.3 is 10.3 Å². The first-order chi connectivity index (χ1) is 13.2. The van der Waals surface area contributed by atoms with E-state index in [0.717, 1.165) is 23.6 Å². The van der Waals surface area contributed by atoms with Crippen molar-refractivity contribution in [2.75, 3.05) is 24.6 Å². The number of amides is 1. The molecule has 2 N–H and O–H groups in total. The van der Waals surface area contributed by atoms with Gasteiger partial charge in [-0.3, -0.25) is 4.79 Å². The van der Waals surface area contributed by atoms with Crippen LogP contribution in [0.25, 0.3) is 0 Å². The monoisotopic (exact) mass is 433 g/mol. The maximum atomic E-state index is 12.6. The van der Waals surface area contributed by atoms with Crippen molar-refractivity contribution in [1.82, 2.24) is 14.6 Å². The lowest BCUT2D eigenvalue weighted by Gasteiger charge is -2.24. The van der Waals surface area contributed by atoms with E-state index in [9.17, 15) is 26.4 Å². The van der Waals surface area contributed by atoms with Crippen molar-refractivity contribution in [3.63, 3.8) is 0 Å². The smallest absolute Gasteiger partial charge is 0.356 e. The van der Waals surface area contributed by atoms with Gasteiger partial charge in [0.05, 0.1) is 5.56 Å². The number of sulfonamides is 1. The maximum Gasteiger partial charge on any atom is 0.416 e. The number of nitrogens with one attached hydrogen (secondary N) is 2. The molecular formula is C17H18F3N3O3S2. The van der Waals surface area contributed by atoms with Gasteiger partial charge in [0, 0.05) is 37.3 Å². The molecule has 1 saturated heterocycles. The van der Waals surface area contributed by atoms with E-state index in [1.807, 2.05) is 0 Å². The summed E-state index contributed by atoms with van der Waals surface area (Å²) in [6, 6.07) is 5.71. The lowest BCUT2D eigenvalue weighted by atomic mass is 10.1. The van der Waals surface area contributed by atoms with E-state index >= 15 is 0 Å². The van der Waals surface area contributed by atoms with Crippen LogP contribution in [0.4, 0.5) is 13.2 Å². The van der Waals surface area contributed by atoms with Crippen LogP contribution in [0.1, 0.15) is 21.6 Å². The molecule has 0 spiro atoms. The molecule has 1 aromatic carbocycles. The third-order valence-corrected chi connectivity index (χ3v) is 7.06. The molecule has 6 nitrogen and oxygen atoms in total. The molecule has 1 aliphatic heterocycles. The molecule has 152 valence electrons. The molecule has 28 heavy (non-hydrogen) atoms. The Labute approximate surface area is 164 Å². The molecule has 11 heteroatoms. The Morgan fingerprint density at radius 3 is 2.43 bits per heavy atom. The van der Waals surface area contributed by atoms with E-state index in [1.54, 1.807) is 11.8 Å². The summed E-state index contributed by atoms with van der Waals surface area (Å²) in [5.41, 5.74) is -0.207. The first-order valence-electron chi connectivity index (χ1n) is 8.38. The molecule has 0 radical (unpaired) electrons. The molecule has 3 rings (SSSR count). The molecule has 1 aliphatic rings. The van der Waals surface area contributed by atoms with E-state index in [-0.39, 0.29) is 17.1 Å². The standard InChI is InChI=1S/C17H18F3N3O3S2/c18-17(19,20)13-3-1-12(2-4-13)10-22-16(24)15-9-14(11-21-15)28(25,26)23-5-7-27-8-6-23/h1-4,9,11,21H,5-8,10H2,(H,22,24). The van der Waals surface area contributed by atoms with Gasteiger partial charge in [-0.25, -0.2) is 8.42 Å². The number of thioether (sulfide) groups is 1. The predicted octanol–water partition coefficient (Wildman–Crippen LogP) is 2.70. The Morgan fingerprint density at radius 1 is 1.18 bits per heavy atom. The Kier molecular flexibility index (Phi) is 6.06. The molecule has 2 heterocycles. The zero-order valence-electron chi connectivity index (χ0n) is 14.6. The average molecular weight is 433 g/mol. The number of hydrogen-bond acceptors (Lipinski definition) is 4. The lowest BCUT2D eigenvalue weighted by Crippen LogP contribution is -2.37. The second-order valence-corrected chi connectivity index (χ2v) is 9.31. The molecule has 1 amide bonds. The number of hydrogen-bond donors (Lipinski definition) is 2. The van der Waals surface area contributed by atoms with Crippen LogP contribution in [-0.4, -0.2) is 48.2 Å². The summed E-state index contributed by atoms with van der Waals surface area (Å²) >= 11 is 1.69. The summed E-state index contributed by atoms with van der Waals surface area (Å²) in [7, 11) is -3.66. The normalized spacial score (nSPS) is 16.1. The van der Waals surface area contributed by atoms with Crippen LogP contribution in [0.2, 0.25) is 0 Å². The zero-order chi connectivity index (χ0) is 20.4. The van der Waals surface area contributed by atoms with E-state index < -0.39 is 27.7 Å². The Bertz CT molecular complexity index is 935. The van der Waals surface area contributed by atoms with Crippen molar-refractivity contribution < 1.29 is 26.4 Å². The quantitative estimate of drug-likeness (QED) is 0.760. The van der Waals surface area contributed by atoms with Crippen LogP contribution in [0.15, 0.2) is 41.4 Å². The first-order valence-corrected chi connectivity index (χ1v) is 11.0. The highest BCUT2D eigenvalue weighted by Gasteiger charge is 2.30. The zero-order valence-corrected chi connectivity index (χ0v) is 16.3. The van der Waals surface area contributed by atoms with Gasteiger partial charge in [-0.05, 0) is 23.8 Å². The highest BCUT2D eigenvalue weighted by molar-refractivity contribution is 7.99. The van der Waals surface area contributed by atoms with E-state index in [1.165, 1.54) is 28.7 Å². The Morgan fingerprint density at radius 2 is 1.82 bits per heavy atom. The van der Waals surface area contributed by atoms with Crippen molar-refractivity contribution in [3.8, 4) is 0 Å². The molecule has 1 fully saturated rings. The minimum atomic E-state index is -4.42. The summed E-state index contributed by atoms with van der Waals surface area (Å²) < 4.78 is 64.2. The van der Waals surface area contributed by atoms with E-state index in [4.69, 9.17) is 0 Å². The number of aromatic amines is 1. The third kappa shape index (κ3) is 4.70. The van der Waals surface area contributed by atoms with Gasteiger partial charge in [-0.15, -0.1) is 0 Å². The number of nitrogens with zero attached hydrogens (tertiary/aromatic N) is 1. The van der Waals surface area contributed by atoms with Crippen molar-refractivity contribution in [3.05, 3.63) is 53.3 Å². The van der Waals surface area contributed by atoms with Gasteiger partial charge in [0.2, 0.25) is 10.0 Å². The molecule has 0 atom stereocenters. The summed E-state index contributed by atoms with van der Waals surface area (Å²) in [5.74, 6) is 0.907. The number of H-pyrrole nitrogens is 1. The highest BCUT2D eigenvalue weighted by atomic mass is 32.2. The van der Waals surface area contributed by atoms with Crippen molar-refractivity contribution >= 4 is 27.7 Å². The van der Waals surface area contributed by atoms with Gasteiger partial charge in [0.15, 0.2) is 0 Å². The van der Waals surface area contributed by atoms with Gasteiger partial charge in [0.25, 0.3) is 5.91 Å². The van der Waals surface area contributed by atoms with E-state index in [0.29, 0.717) is 18.7 Å². The summed E-state index contributed by atoms with van der Waals surface area (Å²) in [5, 5.41) is 2.55. The van der Waals surface area contributed by atoms with Crippen LogP contribution in [0.5, 0.6) is 0 Å². The number of benzene rings is 1. The minimum absolute atomic E-state index is 0.0130. The van der Waals surface area contributed by atoms with Crippen LogP contribution in [0.3, 0.4) is 0 Å². The fraction of sp³-hybridized carbons (Fsp3) is 0.353. The predicted molar refractivity (Wildman–Crippen MR) is 99.5 cm³/mol. The summed E-state index contributed by atoms with van der Waals surface area (Å²) in [4.78, 5) is 14.9. The third-order valence-electron chi connectivity index (χ3n) is 4.24. The second kappa shape index (κ2) is 8.18. The van der Waals surface area contributed by atoms with Gasteiger partial charge in [-0.2, -0.15) is 29.2 Å². The molecule has 0 saturated carbocycles. The number of carbonyl (C=O) groups is 1. The molecular weight excluding hydrogens is 415 g/mol. The second-order valence-electron chi connectivity index (χ2n) is 6.14. The molecule has 2 aromatic rings. The molecule has 0 bridgehead atoms.